The quantitative estimate of drug-likeness (QED) is 0.736. The summed E-state index contributed by atoms with van der Waals surface area (Å²) in [6.07, 6.45) is 6.04. The predicted octanol–water partition coefficient (Wildman–Crippen LogP) is 3.67. The van der Waals surface area contributed by atoms with Gasteiger partial charge in [-0.3, -0.25) is 4.90 Å². The van der Waals surface area contributed by atoms with Crippen molar-refractivity contribution in [2.75, 3.05) is 13.2 Å². The maximum atomic E-state index is 9.20. The van der Waals surface area contributed by atoms with Crippen LogP contribution in [0.2, 0.25) is 0 Å². The van der Waals surface area contributed by atoms with E-state index in [9.17, 15) is 5.11 Å². The molecule has 5 heteroatoms. The van der Waals surface area contributed by atoms with Gasteiger partial charge in [-0.15, -0.1) is 0 Å². The molecule has 3 heterocycles. The van der Waals surface area contributed by atoms with Crippen LogP contribution in [0, 0.1) is 0 Å². The van der Waals surface area contributed by atoms with E-state index >= 15 is 0 Å². The van der Waals surface area contributed by atoms with Crippen molar-refractivity contribution < 1.29 is 5.11 Å². The van der Waals surface area contributed by atoms with Crippen molar-refractivity contribution in [3.63, 3.8) is 0 Å². The molecule has 148 valence electrons. The molecule has 0 amide bonds. The zero-order valence-corrected chi connectivity index (χ0v) is 17.1. The molecule has 0 saturated heterocycles. The van der Waals surface area contributed by atoms with Crippen molar-refractivity contribution in [3.05, 3.63) is 59.3 Å². The number of aliphatic hydroxyl groups excluding tert-OH is 1. The number of para-hydroxylation sites is 1. The molecule has 0 atom stereocenters. The Bertz CT molecular complexity index is 970. The molecular weight excluding hydrogens is 348 g/mol. The third-order valence-electron chi connectivity index (χ3n) is 5.51. The summed E-state index contributed by atoms with van der Waals surface area (Å²) in [5.41, 5.74) is 5.05. The molecule has 0 saturated carbocycles. The maximum Gasteiger partial charge on any atom is 0.133 e. The van der Waals surface area contributed by atoms with E-state index in [1.807, 2.05) is 6.20 Å². The van der Waals surface area contributed by atoms with E-state index in [1.54, 1.807) is 0 Å². The number of rotatable bonds is 5. The summed E-state index contributed by atoms with van der Waals surface area (Å²) < 4.78 is 2.28. The Labute approximate surface area is 167 Å². The van der Waals surface area contributed by atoms with E-state index in [4.69, 9.17) is 4.98 Å². The third kappa shape index (κ3) is 3.82. The maximum absolute atomic E-state index is 9.20. The molecule has 4 rings (SSSR count). The lowest BCUT2D eigenvalue weighted by atomic mass is 9.95. The van der Waals surface area contributed by atoms with E-state index in [0.29, 0.717) is 0 Å². The second-order valence-corrected chi connectivity index (χ2v) is 8.82. The summed E-state index contributed by atoms with van der Waals surface area (Å²) >= 11 is 0. The minimum atomic E-state index is -0.0113. The van der Waals surface area contributed by atoms with Gasteiger partial charge in [-0.2, -0.15) is 0 Å². The molecule has 0 fully saturated rings. The Hall–Kier alpha value is -2.24. The van der Waals surface area contributed by atoms with Crippen LogP contribution in [-0.2, 0) is 31.5 Å². The van der Waals surface area contributed by atoms with Crippen LogP contribution in [0.4, 0.5) is 0 Å². The lowest BCUT2D eigenvalue weighted by molar-refractivity contribution is 0.242. The highest BCUT2D eigenvalue weighted by atomic mass is 16.3. The van der Waals surface area contributed by atoms with Crippen LogP contribution in [0.3, 0.4) is 0 Å². The van der Waals surface area contributed by atoms with Gasteiger partial charge in [0, 0.05) is 79.2 Å². The Morgan fingerprint density at radius 3 is 2.79 bits per heavy atom. The van der Waals surface area contributed by atoms with Crippen molar-refractivity contribution in [1.29, 1.82) is 0 Å². The monoisotopic (exact) mass is 378 g/mol. The Morgan fingerprint density at radius 1 is 1.18 bits per heavy atom. The molecule has 0 spiro atoms. The van der Waals surface area contributed by atoms with Gasteiger partial charge >= 0.3 is 0 Å². The van der Waals surface area contributed by atoms with Gasteiger partial charge < -0.3 is 9.67 Å². The van der Waals surface area contributed by atoms with Crippen molar-refractivity contribution in [1.82, 2.24) is 19.4 Å². The first-order valence-corrected chi connectivity index (χ1v) is 10.2. The van der Waals surface area contributed by atoms with Gasteiger partial charge in [-0.25, -0.2) is 9.97 Å². The zero-order valence-electron chi connectivity index (χ0n) is 17.1. The van der Waals surface area contributed by atoms with Crippen molar-refractivity contribution >= 4 is 10.9 Å². The fourth-order valence-corrected chi connectivity index (χ4v) is 3.99. The topological polar surface area (TPSA) is 54.2 Å². The minimum absolute atomic E-state index is 0.0113. The lowest BCUT2D eigenvalue weighted by Crippen LogP contribution is -2.31. The number of hydrogen-bond acceptors (Lipinski definition) is 4. The molecular formula is C23H30N4O. The summed E-state index contributed by atoms with van der Waals surface area (Å²) in [7, 11) is 0. The summed E-state index contributed by atoms with van der Waals surface area (Å²) in [5.74, 6) is 0.937. The van der Waals surface area contributed by atoms with E-state index < -0.39 is 0 Å². The van der Waals surface area contributed by atoms with Crippen LogP contribution >= 0.6 is 0 Å². The van der Waals surface area contributed by atoms with Crippen LogP contribution in [0.15, 0.2) is 36.7 Å². The highest BCUT2D eigenvalue weighted by molar-refractivity contribution is 5.83. The average Bonchev–Trinajstić information content (AvgIpc) is 3.03. The molecule has 3 aromatic rings. The third-order valence-corrected chi connectivity index (χ3v) is 5.51. The first-order valence-electron chi connectivity index (χ1n) is 10.2. The van der Waals surface area contributed by atoms with E-state index in [0.717, 1.165) is 44.8 Å². The highest BCUT2D eigenvalue weighted by Crippen LogP contribution is 2.26. The smallest absolute Gasteiger partial charge is 0.133 e. The first kappa shape index (κ1) is 19.1. The lowest BCUT2D eigenvalue weighted by Gasteiger charge is -2.29. The molecule has 1 N–H and O–H groups in total. The van der Waals surface area contributed by atoms with Crippen molar-refractivity contribution in [2.24, 2.45) is 0 Å². The van der Waals surface area contributed by atoms with E-state index in [-0.39, 0.29) is 12.0 Å². The first-order chi connectivity index (χ1) is 13.5. The summed E-state index contributed by atoms with van der Waals surface area (Å²) in [4.78, 5) is 12.0. The average molecular weight is 379 g/mol. The van der Waals surface area contributed by atoms with Crippen LogP contribution in [-0.4, -0.2) is 37.7 Å². The predicted molar refractivity (Wildman–Crippen MR) is 112 cm³/mol. The van der Waals surface area contributed by atoms with Crippen LogP contribution < -0.4 is 0 Å². The molecule has 0 aliphatic carbocycles. The molecule has 0 radical (unpaired) electrons. The van der Waals surface area contributed by atoms with E-state index in [1.165, 1.54) is 27.7 Å². The molecule has 28 heavy (non-hydrogen) atoms. The number of benzene rings is 1. The van der Waals surface area contributed by atoms with Gasteiger partial charge in [0.15, 0.2) is 0 Å². The SMILES string of the molecule is CC(C)(C)c1ncc2c(n1)CCN(Cc1cn(CCCO)c3ccccc13)C2. The standard InChI is InChI=1S/C23H30N4O/c1-23(2,3)22-24-13-17-14-26(11-9-20(17)25-22)15-18-16-27(10-6-12-28)21-8-5-4-7-19(18)21/h4-5,7-8,13,16,28H,6,9-12,14-15H2,1-3H3. The number of aryl methyl sites for hydroxylation is 1. The van der Waals surface area contributed by atoms with Crippen LogP contribution in [0.1, 0.15) is 49.8 Å². The second kappa shape index (κ2) is 7.64. The molecule has 5 nitrogen and oxygen atoms in total. The van der Waals surface area contributed by atoms with Crippen molar-refractivity contribution in [3.8, 4) is 0 Å². The largest absolute Gasteiger partial charge is 0.396 e. The molecule has 1 aromatic carbocycles. The fraction of sp³-hybridized carbons (Fsp3) is 0.478. The molecule has 2 aromatic heterocycles. The number of aromatic nitrogens is 3. The molecule has 0 bridgehead atoms. The van der Waals surface area contributed by atoms with Gasteiger partial charge in [0.25, 0.3) is 0 Å². The Kier molecular flexibility index (Phi) is 5.21. The number of hydrogen-bond donors (Lipinski definition) is 1. The van der Waals surface area contributed by atoms with Gasteiger partial charge in [-0.1, -0.05) is 39.0 Å². The number of aliphatic hydroxyl groups is 1. The number of fused-ring (bicyclic) bond motifs is 2. The molecule has 1 aliphatic rings. The van der Waals surface area contributed by atoms with Crippen LogP contribution in [0.5, 0.6) is 0 Å². The molecule has 1 aliphatic heterocycles. The van der Waals surface area contributed by atoms with Crippen LogP contribution in [0.25, 0.3) is 10.9 Å². The second-order valence-electron chi connectivity index (χ2n) is 8.82. The summed E-state index contributed by atoms with van der Waals surface area (Å²) in [5, 5.41) is 10.5. The summed E-state index contributed by atoms with van der Waals surface area (Å²) in [6, 6.07) is 8.57. The Balaban J connectivity index is 1.55. The number of nitrogens with zero attached hydrogens (tertiary/aromatic N) is 4. The Morgan fingerprint density at radius 2 is 2.00 bits per heavy atom. The van der Waals surface area contributed by atoms with E-state index in [2.05, 4.69) is 65.7 Å². The normalized spacial score (nSPS) is 15.1. The van der Waals surface area contributed by atoms with Gasteiger partial charge in [0.1, 0.15) is 5.82 Å². The minimum Gasteiger partial charge on any atom is -0.396 e. The zero-order chi connectivity index (χ0) is 19.7. The van der Waals surface area contributed by atoms with Gasteiger partial charge in [0.2, 0.25) is 0 Å². The highest BCUT2D eigenvalue weighted by Gasteiger charge is 2.23. The van der Waals surface area contributed by atoms with Gasteiger partial charge in [-0.05, 0) is 18.1 Å². The van der Waals surface area contributed by atoms with Gasteiger partial charge in [0.05, 0.1) is 0 Å². The summed E-state index contributed by atoms with van der Waals surface area (Å²) in [6.45, 7) is 10.4. The molecule has 0 unspecified atom stereocenters. The fourth-order valence-electron chi connectivity index (χ4n) is 3.99. The van der Waals surface area contributed by atoms with Crippen molar-refractivity contribution in [2.45, 2.75) is 58.7 Å².